The monoisotopic (exact) mass is 261 g/mol. The fraction of sp³-hybridized carbons (Fsp3) is 0.333. The molecule has 0 saturated carbocycles. The van der Waals surface area contributed by atoms with Crippen LogP contribution in [0.25, 0.3) is 11.4 Å². The van der Waals surface area contributed by atoms with E-state index in [1.165, 1.54) is 0 Å². The molecule has 0 radical (unpaired) electrons. The second kappa shape index (κ2) is 5.47. The first-order valence-corrected chi connectivity index (χ1v) is 5.92. The van der Waals surface area contributed by atoms with Gasteiger partial charge < -0.3 is 10.8 Å². The van der Waals surface area contributed by atoms with Gasteiger partial charge in [0.2, 0.25) is 0 Å². The fourth-order valence-corrected chi connectivity index (χ4v) is 1.72. The van der Waals surface area contributed by atoms with Crippen LogP contribution in [-0.4, -0.2) is 31.3 Å². The van der Waals surface area contributed by atoms with Gasteiger partial charge >= 0.3 is 5.97 Å². The molecule has 7 heteroatoms. The number of hydrogen-bond donors (Lipinski definition) is 2. The second-order valence-electron chi connectivity index (χ2n) is 4.29. The molecule has 2 aromatic rings. The van der Waals surface area contributed by atoms with Crippen LogP contribution >= 0.6 is 0 Å². The molecule has 1 aromatic heterocycles. The van der Waals surface area contributed by atoms with Gasteiger partial charge in [0.1, 0.15) is 0 Å². The number of rotatable bonds is 5. The lowest BCUT2D eigenvalue weighted by atomic mass is 10.1. The molecule has 0 atom stereocenters. The number of anilines is 1. The largest absolute Gasteiger partial charge is 0.481 e. The molecule has 0 fully saturated rings. The number of carboxylic acids is 1. The number of hydrogen-bond acceptors (Lipinski definition) is 5. The molecule has 1 heterocycles. The first-order chi connectivity index (χ1) is 9.08. The summed E-state index contributed by atoms with van der Waals surface area (Å²) in [7, 11) is 0. The zero-order valence-corrected chi connectivity index (χ0v) is 10.6. The van der Waals surface area contributed by atoms with Crippen LogP contribution in [-0.2, 0) is 11.3 Å². The van der Waals surface area contributed by atoms with Crippen molar-refractivity contribution in [3.05, 3.63) is 23.8 Å². The van der Waals surface area contributed by atoms with E-state index in [9.17, 15) is 4.79 Å². The van der Waals surface area contributed by atoms with E-state index in [-0.39, 0.29) is 6.42 Å². The Morgan fingerprint density at radius 2 is 2.26 bits per heavy atom. The molecule has 0 spiro atoms. The predicted octanol–water partition coefficient (Wildman–Crippen LogP) is 1.10. The van der Waals surface area contributed by atoms with Crippen molar-refractivity contribution < 1.29 is 9.90 Å². The Labute approximate surface area is 110 Å². The van der Waals surface area contributed by atoms with Crippen molar-refractivity contribution in [3.63, 3.8) is 0 Å². The molecular formula is C12H15N5O2. The topological polar surface area (TPSA) is 107 Å². The number of nitrogen functional groups attached to an aromatic ring is 1. The molecule has 3 N–H and O–H groups in total. The summed E-state index contributed by atoms with van der Waals surface area (Å²) in [6.07, 6.45) is 0.573. The third-order valence-corrected chi connectivity index (χ3v) is 2.83. The number of nitrogens with zero attached hydrogens (tertiary/aromatic N) is 4. The third-order valence-electron chi connectivity index (χ3n) is 2.83. The number of benzene rings is 1. The van der Waals surface area contributed by atoms with Gasteiger partial charge in [-0.3, -0.25) is 4.79 Å². The summed E-state index contributed by atoms with van der Waals surface area (Å²) in [6.45, 7) is 2.39. The standard InChI is InChI=1S/C12H15N5O2/c1-8-4-5-9(7-10(8)13)12-14-15-16-17(12)6-2-3-11(18)19/h4-5,7H,2-3,6,13H2,1H3,(H,18,19). The van der Waals surface area contributed by atoms with Crippen LogP contribution in [0.1, 0.15) is 18.4 Å². The molecule has 1 aromatic carbocycles. The summed E-state index contributed by atoms with van der Waals surface area (Å²) in [5.41, 5.74) is 8.36. The van der Waals surface area contributed by atoms with Crippen LogP contribution < -0.4 is 5.73 Å². The zero-order valence-electron chi connectivity index (χ0n) is 10.6. The summed E-state index contributed by atoms with van der Waals surface area (Å²) >= 11 is 0. The molecule has 0 aliphatic rings. The van der Waals surface area contributed by atoms with Gasteiger partial charge in [-0.05, 0) is 35.4 Å². The van der Waals surface area contributed by atoms with E-state index in [0.717, 1.165) is 11.1 Å². The van der Waals surface area contributed by atoms with Crippen molar-refractivity contribution in [1.29, 1.82) is 0 Å². The normalized spacial score (nSPS) is 10.6. The van der Waals surface area contributed by atoms with Gasteiger partial charge in [-0.25, -0.2) is 4.68 Å². The maximum atomic E-state index is 10.5. The average Bonchev–Trinajstić information content (AvgIpc) is 2.80. The highest BCUT2D eigenvalue weighted by Gasteiger charge is 2.10. The van der Waals surface area contributed by atoms with E-state index >= 15 is 0 Å². The Balaban J connectivity index is 2.18. The van der Waals surface area contributed by atoms with Gasteiger partial charge in [-0.1, -0.05) is 12.1 Å². The number of aromatic nitrogens is 4. The molecule has 0 bridgehead atoms. The van der Waals surface area contributed by atoms with Crippen molar-refractivity contribution in [1.82, 2.24) is 20.2 Å². The Morgan fingerprint density at radius 1 is 1.47 bits per heavy atom. The van der Waals surface area contributed by atoms with E-state index in [0.29, 0.717) is 24.5 Å². The van der Waals surface area contributed by atoms with Gasteiger partial charge in [-0.15, -0.1) is 5.10 Å². The number of carboxylic acid groups (broad SMARTS) is 1. The molecule has 19 heavy (non-hydrogen) atoms. The molecule has 0 amide bonds. The van der Waals surface area contributed by atoms with Crippen LogP contribution in [0, 0.1) is 6.92 Å². The van der Waals surface area contributed by atoms with Gasteiger partial charge in [0.25, 0.3) is 0 Å². The maximum absolute atomic E-state index is 10.5. The third kappa shape index (κ3) is 3.06. The van der Waals surface area contributed by atoms with Crippen molar-refractivity contribution in [2.75, 3.05) is 5.73 Å². The highest BCUT2D eigenvalue weighted by molar-refractivity contribution is 5.66. The van der Waals surface area contributed by atoms with E-state index in [1.807, 2.05) is 25.1 Å². The Kier molecular flexibility index (Phi) is 3.74. The molecular weight excluding hydrogens is 246 g/mol. The van der Waals surface area contributed by atoms with Crippen LogP contribution in [0.3, 0.4) is 0 Å². The van der Waals surface area contributed by atoms with Gasteiger partial charge in [0, 0.05) is 24.2 Å². The lowest BCUT2D eigenvalue weighted by Crippen LogP contribution is -2.05. The minimum Gasteiger partial charge on any atom is -0.481 e. The SMILES string of the molecule is Cc1ccc(-c2nnnn2CCCC(=O)O)cc1N. The molecule has 2 rings (SSSR count). The molecule has 0 aliphatic carbocycles. The van der Waals surface area contributed by atoms with E-state index < -0.39 is 5.97 Å². The highest BCUT2D eigenvalue weighted by atomic mass is 16.4. The molecule has 0 aliphatic heterocycles. The van der Waals surface area contributed by atoms with Gasteiger partial charge in [0.15, 0.2) is 5.82 Å². The lowest BCUT2D eigenvalue weighted by Gasteiger charge is -2.06. The van der Waals surface area contributed by atoms with Crippen LogP contribution in [0.15, 0.2) is 18.2 Å². The van der Waals surface area contributed by atoms with Crippen molar-refractivity contribution in [2.24, 2.45) is 0 Å². The van der Waals surface area contributed by atoms with E-state index in [4.69, 9.17) is 10.8 Å². The lowest BCUT2D eigenvalue weighted by molar-refractivity contribution is -0.137. The first-order valence-electron chi connectivity index (χ1n) is 5.92. The van der Waals surface area contributed by atoms with Gasteiger partial charge in [-0.2, -0.15) is 0 Å². The Morgan fingerprint density at radius 3 is 2.95 bits per heavy atom. The summed E-state index contributed by atoms with van der Waals surface area (Å²) in [4.78, 5) is 10.5. The van der Waals surface area contributed by atoms with Crippen molar-refractivity contribution in [3.8, 4) is 11.4 Å². The summed E-state index contributed by atoms with van der Waals surface area (Å²) < 4.78 is 1.59. The highest BCUT2D eigenvalue weighted by Crippen LogP contribution is 2.21. The molecule has 0 saturated heterocycles. The minimum atomic E-state index is -0.825. The number of aryl methyl sites for hydroxylation is 2. The Hall–Kier alpha value is -2.44. The number of carbonyl (C=O) groups is 1. The maximum Gasteiger partial charge on any atom is 0.303 e. The average molecular weight is 261 g/mol. The van der Waals surface area contributed by atoms with Crippen molar-refractivity contribution in [2.45, 2.75) is 26.3 Å². The zero-order chi connectivity index (χ0) is 13.8. The molecule has 7 nitrogen and oxygen atoms in total. The van der Waals surface area contributed by atoms with E-state index in [2.05, 4.69) is 15.5 Å². The molecule has 0 unspecified atom stereocenters. The number of nitrogens with two attached hydrogens (primary N) is 1. The quantitative estimate of drug-likeness (QED) is 0.780. The first kappa shape index (κ1) is 13.0. The van der Waals surface area contributed by atoms with E-state index in [1.54, 1.807) is 4.68 Å². The summed E-state index contributed by atoms with van der Waals surface area (Å²) in [5, 5.41) is 20.1. The second-order valence-corrected chi connectivity index (χ2v) is 4.29. The van der Waals surface area contributed by atoms with Crippen LogP contribution in [0.5, 0.6) is 0 Å². The summed E-state index contributed by atoms with van der Waals surface area (Å²) in [6, 6.07) is 5.61. The number of tetrazole rings is 1. The Bertz CT molecular complexity index is 594. The summed E-state index contributed by atoms with van der Waals surface area (Å²) in [5.74, 6) is -0.230. The van der Waals surface area contributed by atoms with Crippen LogP contribution in [0.4, 0.5) is 5.69 Å². The smallest absolute Gasteiger partial charge is 0.303 e. The molecule has 100 valence electrons. The fourth-order valence-electron chi connectivity index (χ4n) is 1.72. The van der Waals surface area contributed by atoms with Crippen molar-refractivity contribution >= 4 is 11.7 Å². The van der Waals surface area contributed by atoms with Gasteiger partial charge in [0.05, 0.1) is 0 Å². The predicted molar refractivity (Wildman–Crippen MR) is 69.3 cm³/mol. The number of aliphatic carboxylic acids is 1. The minimum absolute atomic E-state index is 0.0926. The van der Waals surface area contributed by atoms with Crippen LogP contribution in [0.2, 0.25) is 0 Å².